The normalized spacial score (nSPS) is 17.8. The Kier molecular flexibility index (Phi) is 3.19. The first-order valence-electron chi connectivity index (χ1n) is 5.55. The Morgan fingerprint density at radius 1 is 1.43 bits per heavy atom. The van der Waals surface area contributed by atoms with Crippen LogP contribution in [0.4, 0.5) is 0 Å². The van der Waals surface area contributed by atoms with Crippen LogP contribution in [0, 0.1) is 0 Å². The maximum absolute atomic E-state index is 5.49. The van der Waals surface area contributed by atoms with Gasteiger partial charge in [0.15, 0.2) is 0 Å². The molecule has 0 unspecified atom stereocenters. The van der Waals surface area contributed by atoms with Gasteiger partial charge in [0.2, 0.25) is 0 Å². The lowest BCUT2D eigenvalue weighted by molar-refractivity contribution is 0.410. The zero-order valence-electron chi connectivity index (χ0n) is 8.54. The summed E-state index contributed by atoms with van der Waals surface area (Å²) in [6, 6.07) is 0. The molecule has 1 fully saturated rings. The van der Waals surface area contributed by atoms with Gasteiger partial charge in [-0.05, 0) is 38.1 Å². The molecule has 1 saturated carbocycles. The van der Waals surface area contributed by atoms with E-state index < -0.39 is 0 Å². The third kappa shape index (κ3) is 1.98. The van der Waals surface area contributed by atoms with Crippen LogP contribution < -0.4 is 5.73 Å². The summed E-state index contributed by atoms with van der Waals surface area (Å²) < 4.78 is 5.06. The van der Waals surface area contributed by atoms with Crippen LogP contribution in [-0.4, -0.2) is 11.7 Å². The summed E-state index contributed by atoms with van der Waals surface area (Å²) in [6.45, 7) is 0.733. The third-order valence-corrected chi connectivity index (χ3v) is 3.09. The van der Waals surface area contributed by atoms with E-state index >= 15 is 0 Å². The zero-order chi connectivity index (χ0) is 9.80. The van der Waals surface area contributed by atoms with Gasteiger partial charge < -0.3 is 10.3 Å². The van der Waals surface area contributed by atoms with Crippen LogP contribution in [0.2, 0.25) is 0 Å². The van der Waals surface area contributed by atoms with Gasteiger partial charge in [0, 0.05) is 5.56 Å². The Morgan fingerprint density at radius 2 is 2.21 bits per heavy atom. The van der Waals surface area contributed by atoms with Crippen LogP contribution in [0.1, 0.15) is 49.3 Å². The van der Waals surface area contributed by atoms with Crippen molar-refractivity contribution in [2.75, 3.05) is 6.54 Å². The van der Waals surface area contributed by atoms with E-state index in [4.69, 9.17) is 10.3 Å². The molecular weight excluding hydrogens is 176 g/mol. The molecule has 0 spiro atoms. The van der Waals surface area contributed by atoms with Crippen LogP contribution in [0.3, 0.4) is 0 Å². The number of nitrogens with two attached hydrogens (primary N) is 1. The fourth-order valence-electron chi connectivity index (χ4n) is 2.30. The first-order valence-corrected chi connectivity index (χ1v) is 5.55. The summed E-state index contributed by atoms with van der Waals surface area (Å²) >= 11 is 0. The second-order valence-corrected chi connectivity index (χ2v) is 4.09. The molecule has 2 N–H and O–H groups in total. The predicted octanol–water partition coefficient (Wildman–Crippen LogP) is 2.22. The maximum atomic E-state index is 5.49. The number of aryl methyl sites for hydroxylation is 1. The van der Waals surface area contributed by atoms with E-state index in [0.717, 1.165) is 25.1 Å². The van der Waals surface area contributed by atoms with Crippen molar-refractivity contribution in [2.45, 2.75) is 44.4 Å². The Bertz CT molecular complexity index is 277. The molecule has 3 heteroatoms. The van der Waals surface area contributed by atoms with E-state index in [2.05, 4.69) is 5.16 Å². The molecule has 1 aliphatic rings. The number of hydrogen-bond donors (Lipinski definition) is 1. The number of nitrogens with zero attached hydrogens (tertiary/aromatic N) is 1. The van der Waals surface area contributed by atoms with Crippen molar-refractivity contribution in [3.05, 3.63) is 17.5 Å². The van der Waals surface area contributed by atoms with E-state index in [0.29, 0.717) is 5.92 Å². The highest BCUT2D eigenvalue weighted by molar-refractivity contribution is 5.21. The van der Waals surface area contributed by atoms with Gasteiger partial charge in [-0.25, -0.2) is 0 Å². The molecule has 1 aromatic heterocycles. The Balaban J connectivity index is 2.04. The lowest BCUT2D eigenvalue weighted by atomic mass is 9.97. The molecule has 0 saturated heterocycles. The van der Waals surface area contributed by atoms with E-state index in [1.165, 1.54) is 31.2 Å². The van der Waals surface area contributed by atoms with E-state index in [1.807, 2.05) is 6.26 Å². The number of hydrogen-bond acceptors (Lipinski definition) is 3. The van der Waals surface area contributed by atoms with Gasteiger partial charge in [-0.15, -0.1) is 0 Å². The largest absolute Gasteiger partial charge is 0.364 e. The number of rotatable bonds is 4. The Hall–Kier alpha value is -0.830. The zero-order valence-corrected chi connectivity index (χ0v) is 8.54. The Labute approximate surface area is 84.7 Å². The first kappa shape index (κ1) is 9.71. The molecule has 0 atom stereocenters. The summed E-state index contributed by atoms with van der Waals surface area (Å²) in [5.41, 5.74) is 7.97. The second-order valence-electron chi connectivity index (χ2n) is 4.09. The van der Waals surface area contributed by atoms with Gasteiger partial charge in [0.1, 0.15) is 6.26 Å². The number of aromatic nitrogens is 1. The predicted molar refractivity (Wildman–Crippen MR) is 55.1 cm³/mol. The highest BCUT2D eigenvalue weighted by Crippen LogP contribution is 2.35. The summed E-state index contributed by atoms with van der Waals surface area (Å²) in [4.78, 5) is 0. The minimum Gasteiger partial charge on any atom is -0.364 e. The lowest BCUT2D eigenvalue weighted by Crippen LogP contribution is -2.03. The molecule has 1 aliphatic carbocycles. The minimum atomic E-state index is 0.703. The van der Waals surface area contributed by atoms with Gasteiger partial charge >= 0.3 is 0 Å². The summed E-state index contributed by atoms with van der Waals surface area (Å²) in [6.07, 6.45) is 9.12. The van der Waals surface area contributed by atoms with Gasteiger partial charge in [-0.3, -0.25) is 0 Å². The van der Waals surface area contributed by atoms with Crippen molar-refractivity contribution in [1.29, 1.82) is 0 Å². The van der Waals surface area contributed by atoms with Crippen molar-refractivity contribution in [2.24, 2.45) is 5.73 Å². The summed E-state index contributed by atoms with van der Waals surface area (Å²) in [5.74, 6) is 0.703. The van der Waals surface area contributed by atoms with Crippen LogP contribution in [0.15, 0.2) is 10.8 Å². The van der Waals surface area contributed by atoms with Crippen molar-refractivity contribution in [3.8, 4) is 0 Å². The second kappa shape index (κ2) is 4.60. The maximum Gasteiger partial charge on any atom is 0.127 e. The van der Waals surface area contributed by atoms with Crippen LogP contribution in [0.25, 0.3) is 0 Å². The van der Waals surface area contributed by atoms with Crippen LogP contribution >= 0.6 is 0 Å². The van der Waals surface area contributed by atoms with Gasteiger partial charge in [0.05, 0.1) is 5.69 Å². The molecule has 0 aliphatic heterocycles. The quantitative estimate of drug-likeness (QED) is 0.799. The highest BCUT2D eigenvalue weighted by atomic mass is 16.5. The van der Waals surface area contributed by atoms with Crippen molar-refractivity contribution in [3.63, 3.8) is 0 Å². The molecule has 3 nitrogen and oxygen atoms in total. The van der Waals surface area contributed by atoms with E-state index in [1.54, 1.807) is 0 Å². The first-order chi connectivity index (χ1) is 6.92. The SMILES string of the molecule is NCCCc1nocc1C1CCCC1. The van der Waals surface area contributed by atoms with E-state index in [-0.39, 0.29) is 0 Å². The molecular formula is C11H18N2O. The molecule has 14 heavy (non-hydrogen) atoms. The third-order valence-electron chi connectivity index (χ3n) is 3.09. The van der Waals surface area contributed by atoms with Crippen LogP contribution in [-0.2, 0) is 6.42 Å². The minimum absolute atomic E-state index is 0.703. The average Bonchev–Trinajstić information content (AvgIpc) is 2.84. The van der Waals surface area contributed by atoms with Gasteiger partial charge in [-0.1, -0.05) is 18.0 Å². The summed E-state index contributed by atoms with van der Waals surface area (Å²) in [7, 11) is 0. The van der Waals surface area contributed by atoms with Crippen LogP contribution in [0.5, 0.6) is 0 Å². The van der Waals surface area contributed by atoms with Crippen molar-refractivity contribution >= 4 is 0 Å². The smallest absolute Gasteiger partial charge is 0.127 e. The van der Waals surface area contributed by atoms with Gasteiger partial charge in [0.25, 0.3) is 0 Å². The molecule has 1 heterocycles. The Morgan fingerprint density at radius 3 is 2.93 bits per heavy atom. The monoisotopic (exact) mass is 194 g/mol. The molecule has 0 bridgehead atoms. The van der Waals surface area contributed by atoms with Crippen molar-refractivity contribution in [1.82, 2.24) is 5.16 Å². The fourth-order valence-corrected chi connectivity index (χ4v) is 2.30. The molecule has 0 radical (unpaired) electrons. The molecule has 0 amide bonds. The molecule has 2 rings (SSSR count). The standard InChI is InChI=1S/C11H18N2O/c12-7-3-6-11-10(8-14-13-11)9-4-1-2-5-9/h8-9H,1-7,12H2. The molecule has 78 valence electrons. The average molecular weight is 194 g/mol. The van der Waals surface area contributed by atoms with Crippen molar-refractivity contribution < 1.29 is 4.52 Å². The topological polar surface area (TPSA) is 52.0 Å². The fraction of sp³-hybridized carbons (Fsp3) is 0.727. The molecule has 1 aromatic rings. The van der Waals surface area contributed by atoms with E-state index in [9.17, 15) is 0 Å². The highest BCUT2D eigenvalue weighted by Gasteiger charge is 2.21. The summed E-state index contributed by atoms with van der Waals surface area (Å²) in [5, 5.41) is 4.07. The van der Waals surface area contributed by atoms with Gasteiger partial charge in [-0.2, -0.15) is 0 Å². The lowest BCUT2D eigenvalue weighted by Gasteiger charge is -2.06. The molecule has 0 aromatic carbocycles.